The summed E-state index contributed by atoms with van der Waals surface area (Å²) in [6.07, 6.45) is 8.23. The lowest BCUT2D eigenvalue weighted by Crippen LogP contribution is -2.44. The quantitative estimate of drug-likeness (QED) is 0.818. The number of likely N-dealkylation sites (N-methyl/N-ethyl adjacent to an activating group) is 1. The molecule has 0 aromatic carbocycles. The molecule has 162 valence electrons. The summed E-state index contributed by atoms with van der Waals surface area (Å²) in [4.78, 5) is 22.2. The summed E-state index contributed by atoms with van der Waals surface area (Å²) in [5.74, 6) is 1.02. The van der Waals surface area contributed by atoms with Crippen LogP contribution in [0, 0.1) is 13.8 Å². The minimum atomic E-state index is 0.0168. The first-order valence-corrected chi connectivity index (χ1v) is 11.4. The Balaban J connectivity index is 1.41. The fraction of sp³-hybridized carbons (Fsp3) is 0.583. The number of amides is 1. The maximum absolute atomic E-state index is 13.0. The monoisotopic (exact) mass is 409 g/mol. The van der Waals surface area contributed by atoms with E-state index in [1.807, 2.05) is 12.3 Å². The average molecular weight is 410 g/mol. The molecule has 0 spiro atoms. The summed E-state index contributed by atoms with van der Waals surface area (Å²) in [6, 6.07) is 6.70. The van der Waals surface area contributed by atoms with Crippen LogP contribution in [-0.2, 0) is 6.54 Å². The Labute approximate surface area is 180 Å². The van der Waals surface area contributed by atoms with Crippen LogP contribution in [0.2, 0.25) is 0 Å². The van der Waals surface area contributed by atoms with E-state index in [9.17, 15) is 4.79 Å². The molecule has 0 radical (unpaired) electrons. The first kappa shape index (κ1) is 20.9. The van der Waals surface area contributed by atoms with Gasteiger partial charge in [-0.05, 0) is 57.5 Å². The number of anilines is 1. The van der Waals surface area contributed by atoms with Crippen LogP contribution < -0.4 is 10.2 Å². The summed E-state index contributed by atoms with van der Waals surface area (Å²) >= 11 is 0. The minimum absolute atomic E-state index is 0.0168. The van der Waals surface area contributed by atoms with E-state index < -0.39 is 0 Å². The van der Waals surface area contributed by atoms with E-state index in [-0.39, 0.29) is 5.91 Å². The molecule has 6 nitrogen and oxygen atoms in total. The molecule has 1 amide bonds. The van der Waals surface area contributed by atoms with E-state index in [2.05, 4.69) is 57.7 Å². The van der Waals surface area contributed by atoms with Crippen molar-refractivity contribution in [2.75, 3.05) is 38.1 Å². The molecule has 2 aromatic rings. The summed E-state index contributed by atoms with van der Waals surface area (Å²) < 4.78 is 2.39. The topological polar surface area (TPSA) is 53.4 Å². The molecular formula is C24H35N5O. The Morgan fingerprint density at radius 1 is 1.10 bits per heavy atom. The van der Waals surface area contributed by atoms with Crippen molar-refractivity contribution in [1.29, 1.82) is 0 Å². The summed E-state index contributed by atoms with van der Waals surface area (Å²) in [7, 11) is 2.15. The zero-order chi connectivity index (χ0) is 21.1. The highest BCUT2D eigenvalue weighted by atomic mass is 16.1. The van der Waals surface area contributed by atoms with Gasteiger partial charge in [-0.3, -0.25) is 4.79 Å². The van der Waals surface area contributed by atoms with Crippen molar-refractivity contribution in [3.05, 3.63) is 46.9 Å². The van der Waals surface area contributed by atoms with Gasteiger partial charge in [0.05, 0.1) is 5.56 Å². The zero-order valence-electron chi connectivity index (χ0n) is 18.7. The number of piperazine rings is 1. The van der Waals surface area contributed by atoms with Crippen LogP contribution in [0.25, 0.3) is 0 Å². The number of nitrogens with zero attached hydrogens (tertiary/aromatic N) is 4. The summed E-state index contributed by atoms with van der Waals surface area (Å²) in [5, 5.41) is 3.13. The standard InChI is InChI=1S/C24H35N5O/c1-18-15-22(19(2)29(18)21-7-5-4-6-8-21)24(30)26-17-20-9-10-25-23(16-20)28-13-11-27(3)12-14-28/h9-10,15-16,21H,4-8,11-14,17H2,1-3H3,(H,26,30). The fourth-order valence-corrected chi connectivity index (χ4v) is 4.96. The molecule has 3 heterocycles. The van der Waals surface area contributed by atoms with Gasteiger partial charge in [-0.2, -0.15) is 0 Å². The van der Waals surface area contributed by atoms with Gasteiger partial charge in [-0.15, -0.1) is 0 Å². The largest absolute Gasteiger partial charge is 0.354 e. The van der Waals surface area contributed by atoms with E-state index in [4.69, 9.17) is 0 Å². The molecule has 1 saturated heterocycles. The third-order valence-electron chi connectivity index (χ3n) is 6.76. The Morgan fingerprint density at radius 3 is 2.57 bits per heavy atom. The van der Waals surface area contributed by atoms with Crippen LogP contribution in [0.1, 0.15) is 65.5 Å². The van der Waals surface area contributed by atoms with Crippen LogP contribution in [0.3, 0.4) is 0 Å². The molecule has 1 aliphatic carbocycles. The second-order valence-corrected chi connectivity index (χ2v) is 8.94. The zero-order valence-corrected chi connectivity index (χ0v) is 18.7. The SMILES string of the molecule is Cc1cc(C(=O)NCc2ccnc(N3CCN(C)CC3)c2)c(C)n1C1CCCCC1. The molecule has 4 rings (SSSR count). The predicted molar refractivity (Wildman–Crippen MR) is 121 cm³/mol. The van der Waals surface area contributed by atoms with Gasteiger partial charge >= 0.3 is 0 Å². The summed E-state index contributed by atoms with van der Waals surface area (Å²) in [6.45, 7) is 8.84. The van der Waals surface area contributed by atoms with Crippen molar-refractivity contribution in [1.82, 2.24) is 19.8 Å². The van der Waals surface area contributed by atoms with E-state index in [1.54, 1.807) is 0 Å². The second kappa shape index (κ2) is 9.21. The van der Waals surface area contributed by atoms with Crippen LogP contribution in [0.5, 0.6) is 0 Å². The number of rotatable bonds is 5. The number of hydrogen-bond donors (Lipinski definition) is 1. The van der Waals surface area contributed by atoms with Crippen LogP contribution in [-0.4, -0.2) is 53.6 Å². The van der Waals surface area contributed by atoms with Crippen LogP contribution in [0.4, 0.5) is 5.82 Å². The van der Waals surface area contributed by atoms with E-state index in [0.29, 0.717) is 12.6 Å². The van der Waals surface area contributed by atoms with Gasteiger partial charge in [0, 0.05) is 56.4 Å². The van der Waals surface area contributed by atoms with Gasteiger partial charge in [0.2, 0.25) is 0 Å². The lowest BCUT2D eigenvalue weighted by atomic mass is 9.95. The molecule has 2 fully saturated rings. The molecule has 0 bridgehead atoms. The molecule has 0 unspecified atom stereocenters. The first-order valence-electron chi connectivity index (χ1n) is 11.4. The highest BCUT2D eigenvalue weighted by molar-refractivity contribution is 5.95. The van der Waals surface area contributed by atoms with Gasteiger partial charge < -0.3 is 19.7 Å². The van der Waals surface area contributed by atoms with E-state index in [1.165, 1.54) is 37.8 Å². The predicted octanol–water partition coefficient (Wildman–Crippen LogP) is 3.69. The Morgan fingerprint density at radius 2 is 1.83 bits per heavy atom. The number of hydrogen-bond acceptors (Lipinski definition) is 4. The molecular weight excluding hydrogens is 374 g/mol. The normalized spacial score (nSPS) is 18.6. The van der Waals surface area contributed by atoms with Crippen molar-refractivity contribution < 1.29 is 4.79 Å². The number of pyridine rings is 1. The lowest BCUT2D eigenvalue weighted by Gasteiger charge is -2.33. The second-order valence-electron chi connectivity index (χ2n) is 8.94. The van der Waals surface area contributed by atoms with Crippen molar-refractivity contribution in [3.8, 4) is 0 Å². The van der Waals surface area contributed by atoms with Crippen molar-refractivity contribution in [2.24, 2.45) is 0 Å². The first-order chi connectivity index (χ1) is 14.5. The third kappa shape index (κ3) is 4.53. The lowest BCUT2D eigenvalue weighted by molar-refractivity contribution is 0.0950. The molecule has 2 aliphatic rings. The van der Waals surface area contributed by atoms with Gasteiger partial charge in [0.25, 0.3) is 5.91 Å². The number of carbonyl (C=O) groups is 1. The average Bonchev–Trinajstić information content (AvgIpc) is 3.07. The van der Waals surface area contributed by atoms with Crippen LogP contribution in [0.15, 0.2) is 24.4 Å². The van der Waals surface area contributed by atoms with Crippen molar-refractivity contribution >= 4 is 11.7 Å². The van der Waals surface area contributed by atoms with Gasteiger partial charge in [-0.25, -0.2) is 4.98 Å². The van der Waals surface area contributed by atoms with Crippen LogP contribution >= 0.6 is 0 Å². The Kier molecular flexibility index (Phi) is 6.42. The molecule has 1 N–H and O–H groups in total. The maximum Gasteiger partial charge on any atom is 0.253 e. The highest BCUT2D eigenvalue weighted by Gasteiger charge is 2.22. The molecule has 30 heavy (non-hydrogen) atoms. The molecule has 1 aliphatic heterocycles. The number of aryl methyl sites for hydroxylation is 1. The third-order valence-corrected chi connectivity index (χ3v) is 6.76. The highest BCUT2D eigenvalue weighted by Crippen LogP contribution is 2.32. The number of nitrogens with one attached hydrogen (secondary N) is 1. The fourth-order valence-electron chi connectivity index (χ4n) is 4.96. The molecule has 2 aromatic heterocycles. The van der Waals surface area contributed by atoms with Gasteiger partial charge in [-0.1, -0.05) is 19.3 Å². The van der Waals surface area contributed by atoms with Gasteiger partial charge in [0.15, 0.2) is 0 Å². The van der Waals surface area contributed by atoms with E-state index in [0.717, 1.165) is 48.8 Å². The molecule has 6 heteroatoms. The Bertz CT molecular complexity index is 876. The number of aromatic nitrogens is 2. The van der Waals surface area contributed by atoms with Gasteiger partial charge in [0.1, 0.15) is 5.82 Å². The Hall–Kier alpha value is -2.34. The van der Waals surface area contributed by atoms with Crippen molar-refractivity contribution in [3.63, 3.8) is 0 Å². The molecule has 1 saturated carbocycles. The number of carbonyl (C=O) groups excluding carboxylic acids is 1. The van der Waals surface area contributed by atoms with Crippen molar-refractivity contribution in [2.45, 2.75) is 58.5 Å². The molecule has 0 atom stereocenters. The maximum atomic E-state index is 13.0. The minimum Gasteiger partial charge on any atom is -0.354 e. The van der Waals surface area contributed by atoms with E-state index >= 15 is 0 Å². The summed E-state index contributed by atoms with van der Waals surface area (Å²) in [5.41, 5.74) is 4.20. The smallest absolute Gasteiger partial charge is 0.253 e.